The summed E-state index contributed by atoms with van der Waals surface area (Å²) in [5.41, 5.74) is -0.461. The molecule has 2 rings (SSSR count). The van der Waals surface area contributed by atoms with Crippen LogP contribution < -0.4 is 0 Å². The van der Waals surface area contributed by atoms with Crippen molar-refractivity contribution in [3.63, 3.8) is 0 Å². The van der Waals surface area contributed by atoms with Crippen LogP contribution in [0.1, 0.15) is 46.6 Å². The number of rotatable bonds is 1. The number of carbonyl (C=O) groups is 1. The third-order valence-corrected chi connectivity index (χ3v) is 3.30. The smallest absolute Gasteiger partial charge is 0.410 e. The van der Waals surface area contributed by atoms with Gasteiger partial charge >= 0.3 is 6.09 Å². The minimum Gasteiger partial charge on any atom is -0.444 e. The van der Waals surface area contributed by atoms with E-state index in [1.54, 1.807) is 11.1 Å². The zero-order valence-electron chi connectivity index (χ0n) is 12.0. The van der Waals surface area contributed by atoms with Gasteiger partial charge in [-0.05, 0) is 40.5 Å². The Morgan fingerprint density at radius 1 is 1.37 bits per heavy atom. The average molecular weight is 266 g/mol. The van der Waals surface area contributed by atoms with E-state index >= 15 is 0 Å². The second-order valence-corrected chi connectivity index (χ2v) is 6.10. The Labute approximate surface area is 113 Å². The Bertz CT molecular complexity index is 424. The van der Waals surface area contributed by atoms with E-state index in [4.69, 9.17) is 4.74 Å². The van der Waals surface area contributed by atoms with Crippen LogP contribution >= 0.6 is 0 Å². The Morgan fingerprint density at radius 3 is 2.68 bits per heavy atom. The van der Waals surface area contributed by atoms with Gasteiger partial charge in [0.1, 0.15) is 5.60 Å². The van der Waals surface area contributed by atoms with E-state index < -0.39 is 5.60 Å². The van der Waals surface area contributed by atoms with Crippen molar-refractivity contribution in [3.8, 4) is 0 Å². The van der Waals surface area contributed by atoms with Crippen molar-refractivity contribution < 1.29 is 9.53 Å². The second-order valence-electron chi connectivity index (χ2n) is 6.10. The molecule has 1 aliphatic rings. The fraction of sp³-hybridized carbons (Fsp3) is 0.769. The van der Waals surface area contributed by atoms with Crippen LogP contribution in [0.4, 0.5) is 4.79 Å². The van der Waals surface area contributed by atoms with Crippen molar-refractivity contribution in [2.24, 2.45) is 0 Å². The van der Waals surface area contributed by atoms with Crippen LogP contribution in [0.15, 0.2) is 12.4 Å². The predicted octanol–water partition coefficient (Wildman–Crippen LogP) is 2.24. The molecule has 6 heteroatoms. The van der Waals surface area contributed by atoms with Gasteiger partial charge in [0.05, 0.1) is 12.2 Å². The molecule has 1 fully saturated rings. The summed E-state index contributed by atoms with van der Waals surface area (Å²) < 4.78 is 7.28. The van der Waals surface area contributed by atoms with E-state index in [2.05, 4.69) is 17.2 Å². The van der Waals surface area contributed by atoms with Crippen molar-refractivity contribution in [1.29, 1.82) is 0 Å². The molecule has 0 N–H and O–H groups in total. The molecule has 0 spiro atoms. The van der Waals surface area contributed by atoms with Crippen LogP contribution in [0.25, 0.3) is 0 Å². The summed E-state index contributed by atoms with van der Waals surface area (Å²) in [5.74, 6) is 0. The molecule has 0 aromatic carbocycles. The number of piperidine rings is 1. The van der Waals surface area contributed by atoms with Gasteiger partial charge in [-0.2, -0.15) is 0 Å². The molecule has 0 aliphatic carbocycles. The van der Waals surface area contributed by atoms with Crippen LogP contribution in [0.5, 0.6) is 0 Å². The predicted molar refractivity (Wildman–Crippen MR) is 70.7 cm³/mol. The van der Waals surface area contributed by atoms with E-state index in [9.17, 15) is 4.79 Å². The van der Waals surface area contributed by atoms with Gasteiger partial charge in [-0.15, -0.1) is 5.10 Å². The van der Waals surface area contributed by atoms with Crippen molar-refractivity contribution in [2.45, 2.75) is 58.2 Å². The summed E-state index contributed by atoms with van der Waals surface area (Å²) in [7, 11) is 0. The third-order valence-electron chi connectivity index (χ3n) is 3.30. The highest BCUT2D eigenvalue weighted by molar-refractivity contribution is 5.68. The Morgan fingerprint density at radius 2 is 2.11 bits per heavy atom. The largest absolute Gasteiger partial charge is 0.444 e. The number of carbonyl (C=O) groups excluding carboxylic acids is 1. The van der Waals surface area contributed by atoms with Crippen LogP contribution in [0, 0.1) is 0 Å². The van der Waals surface area contributed by atoms with Gasteiger partial charge < -0.3 is 9.64 Å². The minimum atomic E-state index is -0.461. The lowest BCUT2D eigenvalue weighted by molar-refractivity contribution is 0.00552. The molecule has 2 heterocycles. The number of hydrogen-bond acceptors (Lipinski definition) is 4. The zero-order chi connectivity index (χ0) is 14.0. The molecule has 0 saturated carbocycles. The fourth-order valence-corrected chi connectivity index (χ4v) is 2.29. The molecule has 1 saturated heterocycles. The topological polar surface area (TPSA) is 60.2 Å². The first-order chi connectivity index (χ1) is 8.87. The molecule has 1 aromatic rings. The lowest BCUT2D eigenvalue weighted by Crippen LogP contribution is -2.48. The summed E-state index contributed by atoms with van der Waals surface area (Å²) in [4.78, 5) is 14.0. The third kappa shape index (κ3) is 3.45. The number of aromatic nitrogens is 3. The van der Waals surface area contributed by atoms with Crippen molar-refractivity contribution >= 4 is 6.09 Å². The van der Waals surface area contributed by atoms with Gasteiger partial charge in [0.2, 0.25) is 0 Å². The highest BCUT2D eigenvalue weighted by Gasteiger charge is 2.32. The molecule has 2 atom stereocenters. The van der Waals surface area contributed by atoms with Crippen molar-refractivity contribution in [2.75, 3.05) is 6.54 Å². The molecule has 1 aromatic heterocycles. The molecule has 19 heavy (non-hydrogen) atoms. The molecule has 1 aliphatic heterocycles. The monoisotopic (exact) mass is 266 g/mol. The Hall–Kier alpha value is -1.59. The molecule has 6 nitrogen and oxygen atoms in total. The lowest BCUT2D eigenvalue weighted by atomic mass is 10.00. The number of nitrogens with zero attached hydrogens (tertiary/aromatic N) is 4. The van der Waals surface area contributed by atoms with E-state index in [-0.39, 0.29) is 18.2 Å². The second kappa shape index (κ2) is 5.19. The highest BCUT2D eigenvalue weighted by atomic mass is 16.6. The normalized spacial score (nSPS) is 24.3. The molecule has 106 valence electrons. The zero-order valence-corrected chi connectivity index (χ0v) is 12.0. The van der Waals surface area contributed by atoms with Crippen molar-refractivity contribution in [1.82, 2.24) is 19.9 Å². The van der Waals surface area contributed by atoms with E-state index in [0.29, 0.717) is 6.54 Å². The molecule has 0 radical (unpaired) electrons. The molecule has 1 amide bonds. The van der Waals surface area contributed by atoms with Crippen molar-refractivity contribution in [3.05, 3.63) is 12.4 Å². The first kappa shape index (κ1) is 13.8. The summed E-state index contributed by atoms with van der Waals surface area (Å²) >= 11 is 0. The SMILES string of the molecule is CC1CCC(n2ccnn2)CN1C(=O)OC(C)(C)C. The highest BCUT2D eigenvalue weighted by Crippen LogP contribution is 2.26. The van der Waals surface area contributed by atoms with Crippen LogP contribution in [-0.2, 0) is 4.74 Å². The average Bonchev–Trinajstić information content (AvgIpc) is 2.80. The summed E-state index contributed by atoms with van der Waals surface area (Å²) in [6, 6.07) is 0.390. The first-order valence-corrected chi connectivity index (χ1v) is 6.72. The standard InChI is InChI=1S/C13H22N4O2/c1-10-5-6-11(17-8-7-14-15-17)9-16(10)12(18)19-13(2,3)4/h7-8,10-11H,5-6,9H2,1-4H3. The lowest BCUT2D eigenvalue weighted by Gasteiger charge is -2.38. The maximum atomic E-state index is 12.2. The van der Waals surface area contributed by atoms with Gasteiger partial charge in [0.15, 0.2) is 0 Å². The van der Waals surface area contributed by atoms with Gasteiger partial charge in [0.25, 0.3) is 0 Å². The fourth-order valence-electron chi connectivity index (χ4n) is 2.29. The summed E-state index contributed by atoms with van der Waals surface area (Å²) in [6.07, 6.45) is 5.21. The molecular formula is C13H22N4O2. The van der Waals surface area contributed by atoms with Gasteiger partial charge in [-0.3, -0.25) is 0 Å². The van der Waals surface area contributed by atoms with Crippen LogP contribution in [0.2, 0.25) is 0 Å². The van der Waals surface area contributed by atoms with E-state index in [1.165, 1.54) is 0 Å². The number of ether oxygens (including phenoxy) is 1. The Kier molecular flexibility index (Phi) is 3.78. The van der Waals surface area contributed by atoms with E-state index in [1.807, 2.05) is 31.6 Å². The van der Waals surface area contributed by atoms with E-state index in [0.717, 1.165) is 12.8 Å². The van der Waals surface area contributed by atoms with Gasteiger partial charge in [0, 0.05) is 18.8 Å². The number of hydrogen-bond donors (Lipinski definition) is 0. The van der Waals surface area contributed by atoms with Gasteiger partial charge in [-0.25, -0.2) is 9.48 Å². The summed E-state index contributed by atoms with van der Waals surface area (Å²) in [6.45, 7) is 8.33. The quantitative estimate of drug-likeness (QED) is 0.782. The number of likely N-dealkylation sites (tertiary alicyclic amines) is 1. The van der Waals surface area contributed by atoms with Crippen LogP contribution in [0.3, 0.4) is 0 Å². The maximum Gasteiger partial charge on any atom is 0.410 e. The Balaban J connectivity index is 2.04. The first-order valence-electron chi connectivity index (χ1n) is 6.72. The van der Waals surface area contributed by atoms with Crippen LogP contribution in [-0.4, -0.2) is 44.2 Å². The van der Waals surface area contributed by atoms with Gasteiger partial charge in [-0.1, -0.05) is 5.21 Å². The minimum absolute atomic E-state index is 0.186. The summed E-state index contributed by atoms with van der Waals surface area (Å²) in [5, 5.41) is 7.85. The number of amides is 1. The maximum absolute atomic E-state index is 12.2. The molecule has 0 bridgehead atoms. The molecular weight excluding hydrogens is 244 g/mol. The molecule has 2 unspecified atom stereocenters.